The molecule has 1 N–H and O–H groups in total. The molecule has 0 aromatic heterocycles. The quantitative estimate of drug-likeness (QED) is 0.443. The standard InChI is InChI=1S/C31H44N2O4/c1-25-12-13-29(26(2)21-25)37-24-31(35)14-7-16-32(19-15-31)23-27-9-6-10-28(22-27)36-20-8-18-33-17-5-3-4-11-30(33)34/h6,9-10,12-13,21-22,35H,3-5,7-8,11,14-20,23-24H2,1-2H3/t31-/m1/s1. The number of likely N-dealkylation sites (tertiary alicyclic amines) is 2. The number of benzene rings is 2. The summed E-state index contributed by atoms with van der Waals surface area (Å²) in [4.78, 5) is 16.6. The summed E-state index contributed by atoms with van der Waals surface area (Å²) in [5.41, 5.74) is 2.74. The Bertz CT molecular complexity index is 1030. The Morgan fingerprint density at radius 3 is 2.70 bits per heavy atom. The first kappa shape index (κ1) is 27.5. The summed E-state index contributed by atoms with van der Waals surface area (Å²) in [6.07, 6.45) is 7.22. The fourth-order valence-corrected chi connectivity index (χ4v) is 5.42. The molecule has 2 saturated heterocycles. The molecule has 2 aromatic carbocycles. The van der Waals surface area contributed by atoms with Gasteiger partial charge in [0.25, 0.3) is 0 Å². The number of rotatable bonds is 10. The van der Waals surface area contributed by atoms with Gasteiger partial charge in [-0.15, -0.1) is 0 Å². The lowest BCUT2D eigenvalue weighted by Crippen LogP contribution is -2.37. The summed E-state index contributed by atoms with van der Waals surface area (Å²) < 4.78 is 12.1. The monoisotopic (exact) mass is 508 g/mol. The molecule has 2 aliphatic heterocycles. The lowest BCUT2D eigenvalue weighted by atomic mass is 9.96. The second kappa shape index (κ2) is 13.3. The third-order valence-corrected chi connectivity index (χ3v) is 7.65. The first-order valence-electron chi connectivity index (χ1n) is 14.0. The smallest absolute Gasteiger partial charge is 0.222 e. The molecule has 1 atom stereocenters. The Labute approximate surface area is 222 Å². The SMILES string of the molecule is Cc1ccc(OC[C@@]2(O)CCCN(Cc3cccc(OCCCN4CCCCCC4=O)c3)CC2)c(C)c1. The molecular weight excluding hydrogens is 464 g/mol. The minimum atomic E-state index is -0.800. The van der Waals surface area contributed by atoms with Crippen molar-refractivity contribution in [1.29, 1.82) is 0 Å². The Morgan fingerprint density at radius 2 is 1.84 bits per heavy atom. The molecule has 1 amide bonds. The average Bonchev–Trinajstić information content (AvgIpc) is 3.19. The summed E-state index contributed by atoms with van der Waals surface area (Å²) in [5, 5.41) is 11.2. The lowest BCUT2D eigenvalue weighted by Gasteiger charge is -2.27. The van der Waals surface area contributed by atoms with E-state index in [2.05, 4.69) is 49.1 Å². The maximum atomic E-state index is 12.2. The molecule has 0 saturated carbocycles. The number of ether oxygens (including phenoxy) is 2. The van der Waals surface area contributed by atoms with Gasteiger partial charge in [-0.05, 0) is 88.2 Å². The van der Waals surface area contributed by atoms with Crippen LogP contribution in [0.25, 0.3) is 0 Å². The first-order chi connectivity index (χ1) is 17.9. The normalized spacial score (nSPS) is 21.4. The molecular formula is C31H44N2O4. The molecule has 2 heterocycles. The zero-order valence-corrected chi connectivity index (χ0v) is 22.7. The molecule has 2 aromatic rings. The van der Waals surface area contributed by atoms with Crippen LogP contribution in [0.4, 0.5) is 0 Å². The zero-order valence-electron chi connectivity index (χ0n) is 22.7. The van der Waals surface area contributed by atoms with E-state index in [-0.39, 0.29) is 0 Å². The molecule has 6 nitrogen and oxygen atoms in total. The summed E-state index contributed by atoms with van der Waals surface area (Å²) in [5.74, 6) is 2.03. The lowest BCUT2D eigenvalue weighted by molar-refractivity contribution is -0.130. The number of carbonyl (C=O) groups is 1. The maximum absolute atomic E-state index is 12.2. The number of amides is 1. The van der Waals surface area contributed by atoms with Gasteiger partial charge in [0, 0.05) is 32.6 Å². The van der Waals surface area contributed by atoms with Gasteiger partial charge in [0.2, 0.25) is 5.91 Å². The van der Waals surface area contributed by atoms with Crippen LogP contribution in [0.3, 0.4) is 0 Å². The first-order valence-corrected chi connectivity index (χ1v) is 14.0. The summed E-state index contributed by atoms with van der Waals surface area (Å²) in [6.45, 7) is 9.37. The molecule has 0 spiro atoms. The van der Waals surface area contributed by atoms with Crippen LogP contribution in [-0.2, 0) is 11.3 Å². The van der Waals surface area contributed by atoms with E-state index in [9.17, 15) is 9.90 Å². The Morgan fingerprint density at radius 1 is 0.946 bits per heavy atom. The second-order valence-corrected chi connectivity index (χ2v) is 11.0. The van der Waals surface area contributed by atoms with Gasteiger partial charge in [-0.1, -0.05) is 36.2 Å². The number of aliphatic hydroxyl groups is 1. The molecule has 0 bridgehead atoms. The van der Waals surface area contributed by atoms with E-state index in [0.717, 1.165) is 88.3 Å². The van der Waals surface area contributed by atoms with Crippen molar-refractivity contribution in [3.05, 3.63) is 59.2 Å². The van der Waals surface area contributed by atoms with E-state index in [1.54, 1.807) is 0 Å². The van der Waals surface area contributed by atoms with Gasteiger partial charge >= 0.3 is 0 Å². The Kier molecular flexibility index (Phi) is 9.87. The van der Waals surface area contributed by atoms with Gasteiger partial charge in [0.15, 0.2) is 0 Å². The van der Waals surface area contributed by atoms with Crippen LogP contribution in [0, 0.1) is 13.8 Å². The minimum Gasteiger partial charge on any atom is -0.494 e. The summed E-state index contributed by atoms with van der Waals surface area (Å²) >= 11 is 0. The number of nitrogens with zero attached hydrogens (tertiary/aromatic N) is 2. The van der Waals surface area contributed by atoms with Crippen LogP contribution < -0.4 is 9.47 Å². The largest absolute Gasteiger partial charge is 0.494 e. The zero-order chi connectivity index (χ0) is 26.1. The highest BCUT2D eigenvalue weighted by molar-refractivity contribution is 5.76. The fraction of sp³-hybridized carbons (Fsp3) is 0.581. The van der Waals surface area contributed by atoms with Gasteiger partial charge in [-0.25, -0.2) is 0 Å². The third kappa shape index (κ3) is 8.47. The summed E-state index contributed by atoms with van der Waals surface area (Å²) in [7, 11) is 0. The molecule has 6 heteroatoms. The molecule has 202 valence electrons. The molecule has 4 rings (SSSR count). The van der Waals surface area contributed by atoms with Crippen molar-refractivity contribution in [3.8, 4) is 11.5 Å². The van der Waals surface area contributed by atoms with Crippen LogP contribution in [0.15, 0.2) is 42.5 Å². The van der Waals surface area contributed by atoms with E-state index in [0.29, 0.717) is 32.0 Å². The van der Waals surface area contributed by atoms with Crippen LogP contribution in [-0.4, -0.2) is 65.8 Å². The predicted octanol–water partition coefficient (Wildman–Crippen LogP) is 5.27. The van der Waals surface area contributed by atoms with Gasteiger partial charge in [-0.2, -0.15) is 0 Å². The van der Waals surface area contributed by atoms with Crippen molar-refractivity contribution in [2.75, 3.05) is 39.4 Å². The highest BCUT2D eigenvalue weighted by atomic mass is 16.5. The number of aryl methyl sites for hydroxylation is 2. The van der Waals surface area contributed by atoms with E-state index in [4.69, 9.17) is 9.47 Å². The van der Waals surface area contributed by atoms with Crippen LogP contribution in [0.1, 0.15) is 68.1 Å². The van der Waals surface area contributed by atoms with E-state index >= 15 is 0 Å². The molecule has 0 unspecified atom stereocenters. The Balaban J connectivity index is 1.21. The average molecular weight is 509 g/mol. The predicted molar refractivity (Wildman–Crippen MR) is 147 cm³/mol. The highest BCUT2D eigenvalue weighted by Gasteiger charge is 2.31. The van der Waals surface area contributed by atoms with Crippen molar-refractivity contribution in [1.82, 2.24) is 9.80 Å². The summed E-state index contributed by atoms with van der Waals surface area (Å²) in [6, 6.07) is 14.5. The topological polar surface area (TPSA) is 62.2 Å². The van der Waals surface area contributed by atoms with E-state index in [1.165, 1.54) is 11.1 Å². The van der Waals surface area contributed by atoms with Crippen molar-refractivity contribution < 1.29 is 19.4 Å². The number of carbonyl (C=O) groups excluding carboxylic acids is 1. The highest BCUT2D eigenvalue weighted by Crippen LogP contribution is 2.27. The fourth-order valence-electron chi connectivity index (χ4n) is 5.42. The van der Waals surface area contributed by atoms with E-state index in [1.807, 2.05) is 17.0 Å². The minimum absolute atomic E-state index is 0.292. The molecule has 2 fully saturated rings. The van der Waals surface area contributed by atoms with Gasteiger partial charge in [0.05, 0.1) is 12.2 Å². The molecule has 0 aliphatic carbocycles. The Hall–Kier alpha value is -2.57. The van der Waals surface area contributed by atoms with Crippen molar-refractivity contribution in [2.24, 2.45) is 0 Å². The van der Waals surface area contributed by atoms with Gasteiger partial charge in [0.1, 0.15) is 18.1 Å². The molecule has 37 heavy (non-hydrogen) atoms. The third-order valence-electron chi connectivity index (χ3n) is 7.65. The van der Waals surface area contributed by atoms with Crippen LogP contribution in [0.5, 0.6) is 11.5 Å². The van der Waals surface area contributed by atoms with Crippen LogP contribution in [0.2, 0.25) is 0 Å². The number of hydrogen-bond donors (Lipinski definition) is 1. The van der Waals surface area contributed by atoms with Crippen molar-refractivity contribution in [3.63, 3.8) is 0 Å². The van der Waals surface area contributed by atoms with Gasteiger partial charge in [-0.3, -0.25) is 9.69 Å². The molecule has 2 aliphatic rings. The van der Waals surface area contributed by atoms with E-state index < -0.39 is 5.60 Å². The second-order valence-electron chi connectivity index (χ2n) is 11.0. The maximum Gasteiger partial charge on any atom is 0.222 e. The molecule has 0 radical (unpaired) electrons. The van der Waals surface area contributed by atoms with Gasteiger partial charge < -0.3 is 19.5 Å². The van der Waals surface area contributed by atoms with Crippen molar-refractivity contribution >= 4 is 5.91 Å². The number of hydrogen-bond acceptors (Lipinski definition) is 5. The van der Waals surface area contributed by atoms with Crippen molar-refractivity contribution in [2.45, 2.75) is 77.4 Å². The van der Waals surface area contributed by atoms with Crippen LogP contribution >= 0.6 is 0 Å².